The fourth-order valence-electron chi connectivity index (χ4n) is 1.79. The van der Waals surface area contributed by atoms with Crippen LogP contribution < -0.4 is 9.60 Å². The van der Waals surface area contributed by atoms with Gasteiger partial charge in [-0.3, -0.25) is 9.52 Å². The Morgan fingerprint density at radius 1 is 1.27 bits per heavy atom. The standard InChI is InChI=1S/C11H10N4O3S4/c1-15-7-4-3-6(5-8(7)20-11(15)16)22(17,18)14-9-12-13-10(19-2)21-9/h3-5H,1-2H3,(H,12,14). The lowest BCUT2D eigenvalue weighted by Crippen LogP contribution is -2.12. The van der Waals surface area contributed by atoms with Gasteiger partial charge in [0.05, 0.1) is 15.1 Å². The summed E-state index contributed by atoms with van der Waals surface area (Å²) in [5, 5.41) is 7.84. The zero-order valence-corrected chi connectivity index (χ0v) is 14.7. The number of aromatic nitrogens is 3. The number of aryl methyl sites for hydroxylation is 1. The van der Waals surface area contributed by atoms with Crippen molar-refractivity contribution in [3.63, 3.8) is 0 Å². The third-order valence-corrected chi connectivity index (χ3v) is 7.15. The Balaban J connectivity index is 1.99. The Morgan fingerprint density at radius 2 is 2.05 bits per heavy atom. The van der Waals surface area contributed by atoms with E-state index in [1.165, 1.54) is 28.5 Å². The molecule has 2 heterocycles. The molecular weight excluding hydrogens is 364 g/mol. The minimum absolute atomic E-state index is 0.0859. The highest BCUT2D eigenvalue weighted by Gasteiger charge is 2.18. The Kier molecular flexibility index (Phi) is 3.97. The van der Waals surface area contributed by atoms with E-state index in [4.69, 9.17) is 0 Å². The molecule has 0 fully saturated rings. The Bertz CT molecular complexity index is 1000. The van der Waals surface area contributed by atoms with Crippen LogP contribution in [0.25, 0.3) is 10.2 Å². The molecule has 3 rings (SSSR count). The number of benzene rings is 1. The first-order chi connectivity index (χ1) is 10.4. The molecule has 0 aliphatic heterocycles. The lowest BCUT2D eigenvalue weighted by molar-refractivity contribution is 0.601. The first-order valence-electron chi connectivity index (χ1n) is 5.90. The molecule has 0 aliphatic rings. The van der Waals surface area contributed by atoms with Crippen molar-refractivity contribution in [1.29, 1.82) is 0 Å². The quantitative estimate of drug-likeness (QED) is 0.702. The second-order valence-electron chi connectivity index (χ2n) is 4.24. The van der Waals surface area contributed by atoms with Crippen LogP contribution in [0.5, 0.6) is 0 Å². The number of nitrogens with one attached hydrogen (secondary N) is 1. The van der Waals surface area contributed by atoms with E-state index in [0.29, 0.717) is 14.6 Å². The monoisotopic (exact) mass is 374 g/mol. The summed E-state index contributed by atoms with van der Waals surface area (Å²) >= 11 is 3.57. The number of rotatable bonds is 4. The topological polar surface area (TPSA) is 94.0 Å². The SMILES string of the molecule is CSc1nnc(NS(=O)(=O)c2ccc3c(c2)sc(=O)n3C)s1. The van der Waals surface area contributed by atoms with Crippen LogP contribution in [0.1, 0.15) is 0 Å². The van der Waals surface area contributed by atoms with Gasteiger partial charge in [-0.1, -0.05) is 34.4 Å². The summed E-state index contributed by atoms with van der Waals surface area (Å²) in [4.78, 5) is 11.6. The van der Waals surface area contributed by atoms with E-state index in [2.05, 4.69) is 14.9 Å². The normalized spacial score (nSPS) is 11.9. The lowest BCUT2D eigenvalue weighted by atomic mass is 10.3. The summed E-state index contributed by atoms with van der Waals surface area (Å²) in [6.45, 7) is 0. The van der Waals surface area contributed by atoms with Gasteiger partial charge in [0, 0.05) is 7.05 Å². The van der Waals surface area contributed by atoms with Crippen LogP contribution in [0.4, 0.5) is 5.13 Å². The number of hydrogen-bond acceptors (Lipinski definition) is 8. The van der Waals surface area contributed by atoms with Gasteiger partial charge < -0.3 is 4.57 Å². The van der Waals surface area contributed by atoms with Crippen molar-refractivity contribution in [2.45, 2.75) is 9.24 Å². The molecule has 0 amide bonds. The molecule has 0 bridgehead atoms. The Labute approximate surface area is 138 Å². The summed E-state index contributed by atoms with van der Waals surface area (Å²) < 4.78 is 29.9. The predicted octanol–water partition coefficient (Wildman–Crippen LogP) is 1.97. The second-order valence-corrected chi connectivity index (χ2v) is 8.95. The van der Waals surface area contributed by atoms with Crippen LogP contribution in [-0.2, 0) is 17.1 Å². The smallest absolute Gasteiger partial charge is 0.302 e. The van der Waals surface area contributed by atoms with Gasteiger partial charge in [0.1, 0.15) is 0 Å². The van der Waals surface area contributed by atoms with Crippen molar-refractivity contribution in [2.24, 2.45) is 7.05 Å². The predicted molar refractivity (Wildman–Crippen MR) is 89.6 cm³/mol. The van der Waals surface area contributed by atoms with E-state index in [0.717, 1.165) is 22.7 Å². The first kappa shape index (κ1) is 15.5. The molecule has 0 atom stereocenters. The average molecular weight is 374 g/mol. The van der Waals surface area contributed by atoms with Crippen molar-refractivity contribution in [2.75, 3.05) is 11.0 Å². The van der Waals surface area contributed by atoms with E-state index in [-0.39, 0.29) is 14.9 Å². The number of sulfonamides is 1. The fraction of sp³-hybridized carbons (Fsp3) is 0.182. The highest BCUT2D eigenvalue weighted by Crippen LogP contribution is 2.26. The molecule has 116 valence electrons. The molecule has 3 aromatic rings. The first-order valence-corrected chi connectivity index (χ1v) is 10.2. The maximum atomic E-state index is 12.4. The molecule has 2 aromatic heterocycles. The van der Waals surface area contributed by atoms with Crippen molar-refractivity contribution in [3.8, 4) is 0 Å². The highest BCUT2D eigenvalue weighted by atomic mass is 32.2. The largest absolute Gasteiger partial charge is 0.307 e. The Hall–Kier alpha value is -1.43. The molecular formula is C11H10N4O3S4. The second kappa shape index (κ2) is 5.65. The molecule has 0 saturated heterocycles. The summed E-state index contributed by atoms with van der Waals surface area (Å²) in [5.74, 6) is 0. The third kappa shape index (κ3) is 2.76. The summed E-state index contributed by atoms with van der Waals surface area (Å²) in [6.07, 6.45) is 1.84. The number of thioether (sulfide) groups is 1. The van der Waals surface area contributed by atoms with Crippen LogP contribution in [0.3, 0.4) is 0 Å². The van der Waals surface area contributed by atoms with Crippen molar-refractivity contribution in [3.05, 3.63) is 27.9 Å². The van der Waals surface area contributed by atoms with Gasteiger partial charge in [-0.2, -0.15) is 0 Å². The zero-order valence-electron chi connectivity index (χ0n) is 11.4. The molecule has 0 aliphatic carbocycles. The molecule has 0 spiro atoms. The van der Waals surface area contributed by atoms with Crippen LogP contribution >= 0.6 is 34.4 Å². The molecule has 1 N–H and O–H groups in total. The van der Waals surface area contributed by atoms with Gasteiger partial charge in [-0.15, -0.1) is 10.2 Å². The minimum atomic E-state index is -3.76. The maximum absolute atomic E-state index is 12.4. The van der Waals surface area contributed by atoms with Crippen molar-refractivity contribution >= 4 is 59.8 Å². The van der Waals surface area contributed by atoms with Gasteiger partial charge in [-0.25, -0.2) is 8.42 Å². The van der Waals surface area contributed by atoms with E-state index in [1.807, 2.05) is 6.26 Å². The van der Waals surface area contributed by atoms with E-state index < -0.39 is 10.0 Å². The van der Waals surface area contributed by atoms with Gasteiger partial charge in [0.15, 0.2) is 4.34 Å². The third-order valence-electron chi connectivity index (χ3n) is 2.88. The summed E-state index contributed by atoms with van der Waals surface area (Å²) in [5.41, 5.74) is 0.703. The van der Waals surface area contributed by atoms with Crippen molar-refractivity contribution < 1.29 is 8.42 Å². The number of thiazole rings is 1. The molecule has 0 radical (unpaired) electrons. The fourth-order valence-corrected chi connectivity index (χ4v) is 5.21. The van der Waals surface area contributed by atoms with Gasteiger partial charge in [0.25, 0.3) is 10.0 Å². The Morgan fingerprint density at radius 3 is 2.73 bits per heavy atom. The number of hydrogen-bond donors (Lipinski definition) is 1. The van der Waals surface area contributed by atoms with Gasteiger partial charge in [0.2, 0.25) is 5.13 Å². The molecule has 22 heavy (non-hydrogen) atoms. The van der Waals surface area contributed by atoms with E-state index >= 15 is 0 Å². The van der Waals surface area contributed by atoms with E-state index in [1.54, 1.807) is 13.1 Å². The zero-order chi connectivity index (χ0) is 15.9. The highest BCUT2D eigenvalue weighted by molar-refractivity contribution is 8.00. The molecule has 1 aromatic carbocycles. The molecule has 0 unspecified atom stereocenters. The van der Waals surface area contributed by atoms with Crippen molar-refractivity contribution in [1.82, 2.24) is 14.8 Å². The van der Waals surface area contributed by atoms with Gasteiger partial charge >= 0.3 is 4.87 Å². The van der Waals surface area contributed by atoms with E-state index in [9.17, 15) is 13.2 Å². The lowest BCUT2D eigenvalue weighted by Gasteiger charge is -2.04. The van der Waals surface area contributed by atoms with Crippen LogP contribution in [0.2, 0.25) is 0 Å². The average Bonchev–Trinajstić information content (AvgIpc) is 3.03. The maximum Gasteiger partial charge on any atom is 0.307 e. The number of fused-ring (bicyclic) bond motifs is 1. The molecule has 0 saturated carbocycles. The van der Waals surface area contributed by atoms with Crippen LogP contribution in [-0.4, -0.2) is 29.4 Å². The van der Waals surface area contributed by atoms with Crippen LogP contribution in [0, 0.1) is 0 Å². The molecule has 11 heteroatoms. The number of anilines is 1. The van der Waals surface area contributed by atoms with Gasteiger partial charge in [-0.05, 0) is 24.5 Å². The number of nitrogens with zero attached hydrogens (tertiary/aromatic N) is 3. The summed E-state index contributed by atoms with van der Waals surface area (Å²) in [7, 11) is -2.11. The van der Waals surface area contributed by atoms with Crippen LogP contribution in [0.15, 0.2) is 32.2 Å². The minimum Gasteiger partial charge on any atom is -0.302 e. The molecule has 7 nitrogen and oxygen atoms in total. The summed E-state index contributed by atoms with van der Waals surface area (Å²) in [6, 6.07) is 4.57.